The third-order valence-electron chi connectivity index (χ3n) is 3.46. The number of alkyl halides is 1. The van der Waals surface area contributed by atoms with Gasteiger partial charge in [0, 0.05) is 5.88 Å². The van der Waals surface area contributed by atoms with Gasteiger partial charge in [0.15, 0.2) is 0 Å². The van der Waals surface area contributed by atoms with Crippen molar-refractivity contribution in [1.29, 1.82) is 0 Å². The lowest BCUT2D eigenvalue weighted by molar-refractivity contribution is 0.199. The Morgan fingerprint density at radius 2 is 1.81 bits per heavy atom. The highest BCUT2D eigenvalue weighted by atomic mass is 35.5. The fourth-order valence-corrected chi connectivity index (χ4v) is 2.62. The van der Waals surface area contributed by atoms with Crippen molar-refractivity contribution in [2.24, 2.45) is 0 Å². The van der Waals surface area contributed by atoms with Gasteiger partial charge in [-0.2, -0.15) is 0 Å². The number of benzene rings is 1. The molecule has 1 aliphatic carbocycles. The lowest BCUT2D eigenvalue weighted by atomic mass is 9.96. The van der Waals surface area contributed by atoms with Gasteiger partial charge in [0.05, 0.1) is 6.10 Å². The standard InChI is InChI=1S/C14H19ClO/c15-10-14(16)9-11-5-7-13(8-6-11)12-3-1-2-4-12/h5-8,12,14,16H,1-4,9-10H2/t14-/m0/s1. The summed E-state index contributed by atoms with van der Waals surface area (Å²) in [5.41, 5.74) is 2.64. The molecule has 1 atom stereocenters. The third-order valence-corrected chi connectivity index (χ3v) is 3.81. The minimum atomic E-state index is -0.418. The Hall–Kier alpha value is -0.530. The van der Waals surface area contributed by atoms with Crippen molar-refractivity contribution >= 4 is 11.6 Å². The molecule has 0 radical (unpaired) electrons. The molecule has 1 aliphatic rings. The largest absolute Gasteiger partial charge is 0.392 e. The fraction of sp³-hybridized carbons (Fsp3) is 0.571. The van der Waals surface area contributed by atoms with Gasteiger partial charge in [0.2, 0.25) is 0 Å². The van der Waals surface area contributed by atoms with Crippen LogP contribution in [0.1, 0.15) is 42.7 Å². The maximum atomic E-state index is 9.46. The maximum Gasteiger partial charge on any atom is 0.0715 e. The minimum absolute atomic E-state index is 0.310. The number of aliphatic hydroxyl groups is 1. The molecule has 0 unspecified atom stereocenters. The first-order chi connectivity index (χ1) is 7.79. The predicted octanol–water partition coefficient (Wildman–Crippen LogP) is 3.49. The Balaban J connectivity index is 1.98. The van der Waals surface area contributed by atoms with Gasteiger partial charge in [-0.3, -0.25) is 0 Å². The average Bonchev–Trinajstić information content (AvgIpc) is 2.83. The smallest absolute Gasteiger partial charge is 0.0715 e. The Kier molecular flexibility index (Phi) is 4.25. The van der Waals surface area contributed by atoms with E-state index < -0.39 is 6.10 Å². The van der Waals surface area contributed by atoms with Crippen molar-refractivity contribution in [3.8, 4) is 0 Å². The first kappa shape index (κ1) is 11.9. The van der Waals surface area contributed by atoms with Crippen LogP contribution in [-0.2, 0) is 6.42 Å². The number of hydrogen-bond acceptors (Lipinski definition) is 1. The highest BCUT2D eigenvalue weighted by molar-refractivity contribution is 6.18. The number of rotatable bonds is 4. The van der Waals surface area contributed by atoms with E-state index in [0.717, 1.165) is 5.92 Å². The third kappa shape index (κ3) is 2.99. The van der Waals surface area contributed by atoms with E-state index in [1.54, 1.807) is 0 Å². The molecule has 0 amide bonds. The predicted molar refractivity (Wildman–Crippen MR) is 68.1 cm³/mol. The Bertz CT molecular complexity index is 314. The number of aliphatic hydroxyl groups excluding tert-OH is 1. The first-order valence-electron chi connectivity index (χ1n) is 6.12. The molecule has 1 saturated carbocycles. The summed E-state index contributed by atoms with van der Waals surface area (Å²) in [6.07, 6.45) is 5.66. The van der Waals surface area contributed by atoms with Crippen LogP contribution in [0.2, 0.25) is 0 Å². The summed E-state index contributed by atoms with van der Waals surface area (Å²) in [5, 5.41) is 9.46. The van der Waals surface area contributed by atoms with Crippen LogP contribution in [0.15, 0.2) is 24.3 Å². The summed E-state index contributed by atoms with van der Waals surface area (Å²) in [4.78, 5) is 0. The zero-order valence-corrected chi connectivity index (χ0v) is 10.3. The van der Waals surface area contributed by atoms with Crippen LogP contribution < -0.4 is 0 Å². The Morgan fingerprint density at radius 3 is 2.38 bits per heavy atom. The molecule has 0 aliphatic heterocycles. The molecule has 2 rings (SSSR count). The second-order valence-electron chi connectivity index (χ2n) is 4.74. The van der Waals surface area contributed by atoms with E-state index in [1.165, 1.54) is 36.8 Å². The molecule has 1 aromatic rings. The molecular formula is C14H19ClO. The van der Waals surface area contributed by atoms with Crippen molar-refractivity contribution in [1.82, 2.24) is 0 Å². The van der Waals surface area contributed by atoms with Gasteiger partial charge in [0.25, 0.3) is 0 Å². The maximum absolute atomic E-state index is 9.46. The molecule has 88 valence electrons. The second-order valence-corrected chi connectivity index (χ2v) is 5.04. The summed E-state index contributed by atoms with van der Waals surface area (Å²) >= 11 is 5.59. The van der Waals surface area contributed by atoms with Gasteiger partial charge in [-0.25, -0.2) is 0 Å². The molecule has 0 bridgehead atoms. The molecule has 1 fully saturated rings. The molecule has 16 heavy (non-hydrogen) atoms. The summed E-state index contributed by atoms with van der Waals surface area (Å²) in [7, 11) is 0. The van der Waals surface area contributed by atoms with Crippen LogP contribution in [0, 0.1) is 0 Å². The molecule has 0 saturated heterocycles. The fourth-order valence-electron chi connectivity index (χ4n) is 2.51. The van der Waals surface area contributed by atoms with Gasteiger partial charge < -0.3 is 5.11 Å². The van der Waals surface area contributed by atoms with E-state index in [-0.39, 0.29) is 0 Å². The first-order valence-corrected chi connectivity index (χ1v) is 6.66. The normalized spacial score (nSPS) is 18.9. The van der Waals surface area contributed by atoms with E-state index >= 15 is 0 Å². The highest BCUT2D eigenvalue weighted by Gasteiger charge is 2.16. The summed E-state index contributed by atoms with van der Waals surface area (Å²) < 4.78 is 0. The SMILES string of the molecule is O[C@H](CCl)Cc1ccc(C2CCCC2)cc1. The van der Waals surface area contributed by atoms with E-state index in [9.17, 15) is 5.11 Å². The molecule has 0 spiro atoms. The molecule has 2 heteroatoms. The van der Waals surface area contributed by atoms with Crippen molar-refractivity contribution in [3.63, 3.8) is 0 Å². The lowest BCUT2D eigenvalue weighted by Crippen LogP contribution is -2.11. The van der Waals surface area contributed by atoms with Crippen LogP contribution in [0.3, 0.4) is 0 Å². The molecule has 0 aromatic heterocycles. The molecular weight excluding hydrogens is 220 g/mol. The van der Waals surface area contributed by atoms with Crippen LogP contribution in [0.25, 0.3) is 0 Å². The Labute approximate surface area is 102 Å². The number of hydrogen-bond donors (Lipinski definition) is 1. The number of halogens is 1. The van der Waals surface area contributed by atoms with Gasteiger partial charge in [0.1, 0.15) is 0 Å². The minimum Gasteiger partial charge on any atom is -0.392 e. The van der Waals surface area contributed by atoms with Gasteiger partial charge in [-0.1, -0.05) is 37.1 Å². The van der Waals surface area contributed by atoms with Crippen molar-refractivity contribution in [2.75, 3.05) is 5.88 Å². The zero-order chi connectivity index (χ0) is 11.4. The topological polar surface area (TPSA) is 20.2 Å². The lowest BCUT2D eigenvalue weighted by Gasteiger charge is -2.11. The zero-order valence-electron chi connectivity index (χ0n) is 9.53. The van der Waals surface area contributed by atoms with E-state index in [1.807, 2.05) is 0 Å². The molecule has 1 aromatic carbocycles. The van der Waals surface area contributed by atoms with Crippen LogP contribution in [0.4, 0.5) is 0 Å². The van der Waals surface area contributed by atoms with Gasteiger partial charge >= 0.3 is 0 Å². The molecule has 1 N–H and O–H groups in total. The monoisotopic (exact) mass is 238 g/mol. The van der Waals surface area contributed by atoms with E-state index in [2.05, 4.69) is 24.3 Å². The van der Waals surface area contributed by atoms with Crippen molar-refractivity contribution in [2.45, 2.75) is 44.1 Å². The van der Waals surface area contributed by atoms with Crippen molar-refractivity contribution in [3.05, 3.63) is 35.4 Å². The van der Waals surface area contributed by atoms with Crippen LogP contribution >= 0.6 is 11.6 Å². The molecule has 1 nitrogen and oxygen atoms in total. The van der Waals surface area contributed by atoms with E-state index in [4.69, 9.17) is 11.6 Å². The summed E-state index contributed by atoms with van der Waals surface area (Å²) in [6, 6.07) is 8.69. The quantitative estimate of drug-likeness (QED) is 0.797. The Morgan fingerprint density at radius 1 is 1.19 bits per heavy atom. The second kappa shape index (κ2) is 5.70. The van der Waals surface area contributed by atoms with Gasteiger partial charge in [-0.05, 0) is 36.3 Å². The van der Waals surface area contributed by atoms with Gasteiger partial charge in [-0.15, -0.1) is 11.6 Å². The molecule has 0 heterocycles. The van der Waals surface area contributed by atoms with Crippen LogP contribution in [-0.4, -0.2) is 17.1 Å². The highest BCUT2D eigenvalue weighted by Crippen LogP contribution is 2.33. The van der Waals surface area contributed by atoms with Crippen LogP contribution in [0.5, 0.6) is 0 Å². The summed E-state index contributed by atoms with van der Waals surface area (Å²) in [5.74, 6) is 1.08. The van der Waals surface area contributed by atoms with E-state index in [0.29, 0.717) is 12.3 Å². The average molecular weight is 239 g/mol. The van der Waals surface area contributed by atoms with Crippen molar-refractivity contribution < 1.29 is 5.11 Å². The summed E-state index contributed by atoms with van der Waals surface area (Å²) in [6.45, 7) is 0.